The Morgan fingerprint density at radius 3 is 1.68 bits per heavy atom. The summed E-state index contributed by atoms with van der Waals surface area (Å²) < 4.78 is 5.66. The number of ether oxygens (including phenoxy) is 1. The van der Waals surface area contributed by atoms with E-state index in [-0.39, 0.29) is 10.8 Å². The van der Waals surface area contributed by atoms with Crippen LogP contribution in [0.15, 0.2) is 17.3 Å². The van der Waals surface area contributed by atoms with E-state index in [1.54, 1.807) is 7.11 Å². The molecule has 106 valence electrons. The average Bonchev–Trinajstić information content (AvgIpc) is 2.26. The maximum Gasteiger partial charge on any atom is 0.126 e. The molecular weight excluding hydrogens is 238 g/mol. The van der Waals surface area contributed by atoms with E-state index in [2.05, 4.69) is 46.7 Å². The van der Waals surface area contributed by atoms with Gasteiger partial charge in [-0.05, 0) is 28.5 Å². The molecule has 0 amide bonds. The maximum absolute atomic E-state index is 8.77. The fourth-order valence-corrected chi connectivity index (χ4v) is 2.13. The van der Waals surface area contributed by atoms with Crippen molar-refractivity contribution in [3.05, 3.63) is 28.8 Å². The minimum absolute atomic E-state index is 0.0371. The van der Waals surface area contributed by atoms with Crippen LogP contribution in [-0.4, -0.2) is 18.5 Å². The SMILES string of the molecule is COc1c(C(C)(C)C)cc(C=NO)cc1C(C)(C)C. The van der Waals surface area contributed by atoms with Crippen LogP contribution in [0.4, 0.5) is 0 Å². The van der Waals surface area contributed by atoms with E-state index in [9.17, 15) is 0 Å². The summed E-state index contributed by atoms with van der Waals surface area (Å²) in [6.07, 6.45) is 1.46. The normalized spacial score (nSPS) is 13.0. The zero-order valence-corrected chi connectivity index (χ0v) is 13.0. The van der Waals surface area contributed by atoms with Crippen LogP contribution in [0, 0.1) is 0 Å². The zero-order chi connectivity index (χ0) is 14.8. The van der Waals surface area contributed by atoms with Crippen molar-refractivity contribution in [2.24, 2.45) is 5.16 Å². The molecule has 1 aromatic carbocycles. The molecule has 1 rings (SSSR count). The Hall–Kier alpha value is -1.51. The summed E-state index contributed by atoms with van der Waals surface area (Å²) in [6, 6.07) is 4.04. The molecule has 0 radical (unpaired) electrons. The summed E-state index contributed by atoms with van der Waals surface area (Å²) in [5, 5.41) is 11.9. The van der Waals surface area contributed by atoms with Gasteiger partial charge in [0.15, 0.2) is 0 Å². The van der Waals surface area contributed by atoms with Crippen molar-refractivity contribution in [3.8, 4) is 5.75 Å². The van der Waals surface area contributed by atoms with Gasteiger partial charge in [0.2, 0.25) is 0 Å². The smallest absolute Gasteiger partial charge is 0.126 e. The van der Waals surface area contributed by atoms with Crippen LogP contribution in [0.1, 0.15) is 58.2 Å². The van der Waals surface area contributed by atoms with Gasteiger partial charge in [-0.15, -0.1) is 0 Å². The van der Waals surface area contributed by atoms with Gasteiger partial charge in [0.25, 0.3) is 0 Å². The van der Waals surface area contributed by atoms with Crippen molar-refractivity contribution < 1.29 is 9.94 Å². The Labute approximate surface area is 116 Å². The molecule has 3 nitrogen and oxygen atoms in total. The van der Waals surface area contributed by atoms with Crippen molar-refractivity contribution >= 4 is 6.21 Å². The molecule has 0 fully saturated rings. The molecule has 3 heteroatoms. The lowest BCUT2D eigenvalue weighted by Crippen LogP contribution is -2.19. The van der Waals surface area contributed by atoms with Gasteiger partial charge in [0.05, 0.1) is 13.3 Å². The standard InChI is InChI=1S/C16H25NO2/c1-15(2,3)12-8-11(10-17-18)9-13(14(12)19-7)16(4,5)6/h8-10,18H,1-7H3. The van der Waals surface area contributed by atoms with Crippen LogP contribution in [0.25, 0.3) is 0 Å². The summed E-state index contributed by atoms with van der Waals surface area (Å²) in [4.78, 5) is 0. The molecule has 0 aliphatic rings. The van der Waals surface area contributed by atoms with Crippen LogP contribution < -0.4 is 4.74 Å². The lowest BCUT2D eigenvalue weighted by Gasteiger charge is -2.29. The first kappa shape index (κ1) is 15.5. The zero-order valence-electron chi connectivity index (χ0n) is 13.0. The number of hydrogen-bond donors (Lipinski definition) is 1. The molecule has 0 aliphatic carbocycles. The average molecular weight is 263 g/mol. The van der Waals surface area contributed by atoms with E-state index in [4.69, 9.17) is 9.94 Å². The molecule has 19 heavy (non-hydrogen) atoms. The second-order valence-corrected chi connectivity index (χ2v) is 6.89. The highest BCUT2D eigenvalue weighted by Gasteiger charge is 2.27. The monoisotopic (exact) mass is 263 g/mol. The summed E-state index contributed by atoms with van der Waals surface area (Å²) >= 11 is 0. The van der Waals surface area contributed by atoms with Crippen molar-refractivity contribution in [1.29, 1.82) is 0 Å². The summed E-state index contributed by atoms with van der Waals surface area (Å²) in [7, 11) is 1.71. The van der Waals surface area contributed by atoms with E-state index in [1.165, 1.54) is 6.21 Å². The van der Waals surface area contributed by atoms with Crippen molar-refractivity contribution in [1.82, 2.24) is 0 Å². The number of hydrogen-bond acceptors (Lipinski definition) is 3. The molecule has 0 heterocycles. The van der Waals surface area contributed by atoms with E-state index in [0.29, 0.717) is 0 Å². The lowest BCUT2D eigenvalue weighted by atomic mass is 9.78. The molecule has 1 aromatic rings. The molecule has 0 unspecified atom stereocenters. The first-order valence-electron chi connectivity index (χ1n) is 6.51. The number of methoxy groups -OCH3 is 1. The van der Waals surface area contributed by atoms with Gasteiger partial charge in [-0.2, -0.15) is 0 Å². The van der Waals surface area contributed by atoms with E-state index < -0.39 is 0 Å². The molecule has 0 aromatic heterocycles. The molecule has 0 saturated heterocycles. The van der Waals surface area contributed by atoms with E-state index in [0.717, 1.165) is 22.4 Å². The Kier molecular flexibility index (Phi) is 4.28. The third-order valence-corrected chi connectivity index (χ3v) is 3.14. The predicted octanol–water partition coefficient (Wildman–Crippen LogP) is 4.10. The highest BCUT2D eigenvalue weighted by molar-refractivity contribution is 5.81. The maximum atomic E-state index is 8.77. The van der Waals surface area contributed by atoms with Gasteiger partial charge in [-0.3, -0.25) is 0 Å². The third-order valence-electron chi connectivity index (χ3n) is 3.14. The fraction of sp³-hybridized carbons (Fsp3) is 0.562. The number of oxime groups is 1. The first-order valence-corrected chi connectivity index (χ1v) is 6.51. The molecular formula is C16H25NO2. The summed E-state index contributed by atoms with van der Waals surface area (Å²) in [5.41, 5.74) is 3.06. The number of benzene rings is 1. The summed E-state index contributed by atoms with van der Waals surface area (Å²) in [5.74, 6) is 0.926. The second kappa shape index (κ2) is 5.24. The Morgan fingerprint density at radius 1 is 1.00 bits per heavy atom. The molecule has 0 aliphatic heterocycles. The molecule has 0 atom stereocenters. The number of nitrogens with zero attached hydrogens (tertiary/aromatic N) is 1. The van der Waals surface area contributed by atoms with E-state index >= 15 is 0 Å². The molecule has 0 bridgehead atoms. The lowest BCUT2D eigenvalue weighted by molar-refractivity contribution is 0.322. The second-order valence-electron chi connectivity index (χ2n) is 6.89. The third kappa shape index (κ3) is 3.49. The Bertz CT molecular complexity index is 441. The van der Waals surface area contributed by atoms with Crippen LogP contribution in [-0.2, 0) is 10.8 Å². The minimum Gasteiger partial charge on any atom is -0.496 e. The van der Waals surface area contributed by atoms with Crippen LogP contribution in [0.3, 0.4) is 0 Å². The van der Waals surface area contributed by atoms with Crippen LogP contribution in [0.5, 0.6) is 5.75 Å². The van der Waals surface area contributed by atoms with Crippen LogP contribution >= 0.6 is 0 Å². The largest absolute Gasteiger partial charge is 0.496 e. The number of rotatable bonds is 2. The van der Waals surface area contributed by atoms with Gasteiger partial charge in [0, 0.05) is 11.1 Å². The van der Waals surface area contributed by atoms with E-state index in [1.807, 2.05) is 12.1 Å². The molecule has 0 spiro atoms. The predicted molar refractivity (Wildman–Crippen MR) is 79.8 cm³/mol. The van der Waals surface area contributed by atoms with Gasteiger partial charge in [-0.25, -0.2) is 0 Å². The minimum atomic E-state index is -0.0371. The topological polar surface area (TPSA) is 41.8 Å². The Morgan fingerprint density at radius 2 is 1.42 bits per heavy atom. The Balaban J connectivity index is 3.66. The van der Waals surface area contributed by atoms with Crippen molar-refractivity contribution in [2.75, 3.05) is 7.11 Å². The molecule has 1 N–H and O–H groups in total. The summed E-state index contributed by atoms with van der Waals surface area (Å²) in [6.45, 7) is 12.9. The van der Waals surface area contributed by atoms with Gasteiger partial charge in [0.1, 0.15) is 5.75 Å². The first-order chi connectivity index (χ1) is 8.61. The van der Waals surface area contributed by atoms with Crippen LogP contribution in [0.2, 0.25) is 0 Å². The highest BCUT2D eigenvalue weighted by atomic mass is 16.5. The van der Waals surface area contributed by atoms with Crippen molar-refractivity contribution in [3.63, 3.8) is 0 Å². The van der Waals surface area contributed by atoms with Gasteiger partial charge >= 0.3 is 0 Å². The van der Waals surface area contributed by atoms with Crippen molar-refractivity contribution in [2.45, 2.75) is 52.4 Å². The van der Waals surface area contributed by atoms with Gasteiger partial charge in [-0.1, -0.05) is 46.7 Å². The highest BCUT2D eigenvalue weighted by Crippen LogP contribution is 2.40. The quantitative estimate of drug-likeness (QED) is 0.496. The molecule has 0 saturated carbocycles. The van der Waals surface area contributed by atoms with Gasteiger partial charge < -0.3 is 9.94 Å². The fourth-order valence-electron chi connectivity index (χ4n) is 2.13.